The van der Waals surface area contributed by atoms with E-state index >= 15 is 0 Å². The number of rotatable bonds is 4. The number of hydrogen-bond donors (Lipinski definition) is 0. The molecule has 1 aromatic heterocycles. The zero-order chi connectivity index (χ0) is 31.6. The van der Waals surface area contributed by atoms with Gasteiger partial charge in [0, 0.05) is 33.5 Å². The molecule has 224 valence electrons. The zero-order valence-electron chi connectivity index (χ0n) is 26.2. The van der Waals surface area contributed by atoms with Gasteiger partial charge in [0.25, 0.3) is 0 Å². The molecule has 0 unspecified atom stereocenters. The van der Waals surface area contributed by atoms with Crippen molar-refractivity contribution >= 4 is 82.0 Å². The summed E-state index contributed by atoms with van der Waals surface area (Å²) >= 11 is 0. The van der Waals surface area contributed by atoms with E-state index in [1.165, 1.54) is 64.9 Å². The van der Waals surface area contributed by atoms with E-state index in [1.54, 1.807) is 0 Å². The molecule has 0 aliphatic rings. The minimum atomic E-state index is 1.11. The Hall–Kier alpha value is -6.38. The number of benzene rings is 9. The third kappa shape index (κ3) is 4.20. The summed E-state index contributed by atoms with van der Waals surface area (Å²) in [6, 6.07) is 66.4. The zero-order valence-corrected chi connectivity index (χ0v) is 26.2. The highest BCUT2D eigenvalue weighted by atomic mass is 15.1. The Balaban J connectivity index is 1.18. The Morgan fingerprint density at radius 2 is 0.792 bits per heavy atom. The molecular formula is C46H30N2. The Kier molecular flexibility index (Phi) is 5.91. The van der Waals surface area contributed by atoms with Crippen LogP contribution in [0.5, 0.6) is 0 Å². The first-order valence-corrected chi connectivity index (χ1v) is 16.5. The highest BCUT2D eigenvalue weighted by Gasteiger charge is 2.18. The molecule has 48 heavy (non-hydrogen) atoms. The van der Waals surface area contributed by atoms with Crippen LogP contribution in [-0.4, -0.2) is 4.57 Å². The molecule has 0 spiro atoms. The van der Waals surface area contributed by atoms with E-state index in [9.17, 15) is 0 Å². The van der Waals surface area contributed by atoms with E-state index < -0.39 is 0 Å². The maximum Gasteiger partial charge on any atom is 0.0547 e. The molecule has 0 amide bonds. The van der Waals surface area contributed by atoms with Crippen molar-refractivity contribution in [3.63, 3.8) is 0 Å². The molecule has 0 bridgehead atoms. The lowest BCUT2D eigenvalue weighted by Crippen LogP contribution is -2.10. The van der Waals surface area contributed by atoms with Gasteiger partial charge in [-0.3, -0.25) is 0 Å². The molecule has 9 aromatic carbocycles. The van der Waals surface area contributed by atoms with Crippen LogP contribution in [0, 0.1) is 0 Å². The highest BCUT2D eigenvalue weighted by Crippen LogP contribution is 2.41. The fourth-order valence-corrected chi connectivity index (χ4v) is 7.58. The molecule has 0 fully saturated rings. The quantitative estimate of drug-likeness (QED) is 0.192. The number of aromatic nitrogens is 1. The average molecular weight is 611 g/mol. The van der Waals surface area contributed by atoms with Crippen molar-refractivity contribution in [2.24, 2.45) is 0 Å². The predicted molar refractivity (Wildman–Crippen MR) is 205 cm³/mol. The van der Waals surface area contributed by atoms with E-state index in [0.29, 0.717) is 0 Å². The standard InChI is InChI=1S/C46H30N2/c1-3-12-34-27-40(20-17-31(34)9-1)47(41-21-18-32-10-2-4-13-35(32)28-41)38-22-24-39(25-23-38)48-44-26-19-33-11-7-8-16-42(33)46(44)43-29-36-14-5-6-15-37(36)30-45(43)48/h1-30H. The monoisotopic (exact) mass is 610 g/mol. The summed E-state index contributed by atoms with van der Waals surface area (Å²) in [7, 11) is 0. The molecule has 10 rings (SSSR count). The minimum Gasteiger partial charge on any atom is -0.310 e. The van der Waals surface area contributed by atoms with Gasteiger partial charge in [-0.05, 0) is 110 Å². The lowest BCUT2D eigenvalue weighted by Gasteiger charge is -2.26. The van der Waals surface area contributed by atoms with Crippen LogP contribution >= 0.6 is 0 Å². The van der Waals surface area contributed by atoms with Crippen LogP contribution in [0.3, 0.4) is 0 Å². The summed E-state index contributed by atoms with van der Waals surface area (Å²) in [4.78, 5) is 2.37. The van der Waals surface area contributed by atoms with Gasteiger partial charge in [0.05, 0.1) is 11.0 Å². The summed E-state index contributed by atoms with van der Waals surface area (Å²) in [5, 5.41) is 12.5. The first-order chi connectivity index (χ1) is 23.8. The van der Waals surface area contributed by atoms with Gasteiger partial charge in [-0.15, -0.1) is 0 Å². The lowest BCUT2D eigenvalue weighted by molar-refractivity contribution is 1.18. The summed E-state index contributed by atoms with van der Waals surface area (Å²) in [6.07, 6.45) is 0. The van der Waals surface area contributed by atoms with Gasteiger partial charge < -0.3 is 9.47 Å². The molecule has 0 radical (unpaired) electrons. The first kappa shape index (κ1) is 26.8. The highest BCUT2D eigenvalue weighted by molar-refractivity contribution is 6.23. The van der Waals surface area contributed by atoms with Crippen LogP contribution in [0.25, 0.3) is 70.6 Å². The van der Waals surface area contributed by atoms with E-state index in [2.05, 4.69) is 191 Å². The van der Waals surface area contributed by atoms with Gasteiger partial charge in [0.2, 0.25) is 0 Å². The van der Waals surface area contributed by atoms with Gasteiger partial charge in [-0.2, -0.15) is 0 Å². The molecule has 0 aliphatic carbocycles. The number of nitrogens with zero attached hydrogens (tertiary/aromatic N) is 2. The van der Waals surface area contributed by atoms with Crippen molar-refractivity contribution in [3.8, 4) is 5.69 Å². The van der Waals surface area contributed by atoms with Crippen molar-refractivity contribution < 1.29 is 0 Å². The average Bonchev–Trinajstić information content (AvgIpc) is 3.47. The van der Waals surface area contributed by atoms with Gasteiger partial charge in [-0.1, -0.05) is 115 Å². The number of hydrogen-bond acceptors (Lipinski definition) is 1. The van der Waals surface area contributed by atoms with Crippen molar-refractivity contribution in [1.29, 1.82) is 0 Å². The van der Waals surface area contributed by atoms with E-state index in [0.717, 1.165) is 22.7 Å². The molecule has 2 nitrogen and oxygen atoms in total. The summed E-state index contributed by atoms with van der Waals surface area (Å²) < 4.78 is 2.43. The topological polar surface area (TPSA) is 8.17 Å². The Morgan fingerprint density at radius 3 is 1.42 bits per heavy atom. The second kappa shape index (κ2) is 10.6. The largest absolute Gasteiger partial charge is 0.310 e. The van der Waals surface area contributed by atoms with Crippen LogP contribution in [0.2, 0.25) is 0 Å². The molecule has 0 N–H and O–H groups in total. The Labute approximate surface area is 278 Å². The summed E-state index contributed by atoms with van der Waals surface area (Å²) in [5.74, 6) is 0. The van der Waals surface area contributed by atoms with E-state index in [-0.39, 0.29) is 0 Å². The van der Waals surface area contributed by atoms with Gasteiger partial charge in [-0.25, -0.2) is 0 Å². The molecule has 1 heterocycles. The van der Waals surface area contributed by atoms with E-state index in [1.807, 2.05) is 0 Å². The molecule has 0 aliphatic heterocycles. The SMILES string of the molecule is c1ccc2cc(N(c3ccc(-n4c5cc6ccccc6cc5c5c6ccccc6ccc54)cc3)c3ccc4ccccc4c3)ccc2c1. The van der Waals surface area contributed by atoms with Crippen molar-refractivity contribution in [2.45, 2.75) is 0 Å². The molecule has 0 atom stereocenters. The second-order valence-corrected chi connectivity index (χ2v) is 12.6. The third-order valence-electron chi connectivity index (χ3n) is 9.87. The van der Waals surface area contributed by atoms with Crippen LogP contribution in [-0.2, 0) is 0 Å². The fourth-order valence-electron chi connectivity index (χ4n) is 7.58. The lowest BCUT2D eigenvalue weighted by atomic mass is 10.0. The van der Waals surface area contributed by atoms with Crippen LogP contribution in [0.15, 0.2) is 182 Å². The Bertz CT molecular complexity index is 2760. The van der Waals surface area contributed by atoms with Crippen molar-refractivity contribution in [2.75, 3.05) is 4.90 Å². The third-order valence-corrected chi connectivity index (χ3v) is 9.87. The van der Waals surface area contributed by atoms with Gasteiger partial charge >= 0.3 is 0 Å². The minimum absolute atomic E-state index is 1.11. The van der Waals surface area contributed by atoms with Crippen LogP contribution in [0.4, 0.5) is 17.1 Å². The summed E-state index contributed by atoms with van der Waals surface area (Å²) in [5.41, 5.74) is 6.95. The summed E-state index contributed by atoms with van der Waals surface area (Å²) in [6.45, 7) is 0. The van der Waals surface area contributed by atoms with Crippen molar-refractivity contribution in [1.82, 2.24) is 4.57 Å². The first-order valence-electron chi connectivity index (χ1n) is 16.5. The molecule has 2 heteroatoms. The van der Waals surface area contributed by atoms with Gasteiger partial charge in [0.1, 0.15) is 0 Å². The molecule has 10 aromatic rings. The Morgan fingerprint density at radius 1 is 0.312 bits per heavy atom. The van der Waals surface area contributed by atoms with Gasteiger partial charge in [0.15, 0.2) is 0 Å². The molecule has 0 saturated heterocycles. The van der Waals surface area contributed by atoms with Crippen LogP contribution in [0.1, 0.15) is 0 Å². The smallest absolute Gasteiger partial charge is 0.0547 e. The fraction of sp³-hybridized carbons (Fsp3) is 0. The predicted octanol–water partition coefficient (Wildman–Crippen LogP) is 12.9. The number of fused-ring (bicyclic) bond motifs is 8. The number of anilines is 3. The second-order valence-electron chi connectivity index (χ2n) is 12.6. The maximum atomic E-state index is 2.43. The van der Waals surface area contributed by atoms with Crippen LogP contribution < -0.4 is 4.90 Å². The maximum absolute atomic E-state index is 2.43. The normalized spacial score (nSPS) is 11.8. The molecule has 0 saturated carbocycles. The molecular weight excluding hydrogens is 581 g/mol. The van der Waals surface area contributed by atoms with E-state index in [4.69, 9.17) is 0 Å². The van der Waals surface area contributed by atoms with Crippen molar-refractivity contribution in [3.05, 3.63) is 182 Å².